The number of carboxylic acid groups (broad SMARTS) is 1. The zero-order valence-electron chi connectivity index (χ0n) is 11.5. The summed E-state index contributed by atoms with van der Waals surface area (Å²) in [6.45, 7) is 1.42. The van der Waals surface area contributed by atoms with Gasteiger partial charge < -0.3 is 10.4 Å². The molecule has 112 valence electrons. The minimum atomic E-state index is -1.00. The van der Waals surface area contributed by atoms with Gasteiger partial charge in [-0.2, -0.15) is 0 Å². The highest BCUT2D eigenvalue weighted by atomic mass is 35.5. The number of hydrogen-bond donors (Lipinski definition) is 2. The first-order valence-corrected chi connectivity index (χ1v) is 7.48. The highest BCUT2D eigenvalue weighted by molar-refractivity contribution is 6.30. The monoisotopic (exact) mass is 308 g/mol. The molecule has 3 rings (SSSR count). The van der Waals surface area contributed by atoms with Crippen molar-refractivity contribution in [3.8, 4) is 0 Å². The Kier molecular flexibility index (Phi) is 3.87. The summed E-state index contributed by atoms with van der Waals surface area (Å²) in [7, 11) is 0. The number of hydrogen-bond acceptors (Lipinski definition) is 3. The number of nitrogens with zero attached hydrogens (tertiary/aromatic N) is 1. The van der Waals surface area contributed by atoms with Crippen LogP contribution in [-0.4, -0.2) is 47.1 Å². The summed E-state index contributed by atoms with van der Waals surface area (Å²) in [4.78, 5) is 25.4. The maximum Gasteiger partial charge on any atom is 0.404 e. The second-order valence-corrected chi connectivity index (χ2v) is 6.11. The van der Waals surface area contributed by atoms with Crippen molar-refractivity contribution < 1.29 is 14.7 Å². The van der Waals surface area contributed by atoms with Crippen molar-refractivity contribution in [1.29, 1.82) is 0 Å². The van der Waals surface area contributed by atoms with E-state index >= 15 is 0 Å². The predicted molar refractivity (Wildman–Crippen MR) is 79.0 cm³/mol. The zero-order chi connectivity index (χ0) is 15.0. The van der Waals surface area contributed by atoms with Crippen molar-refractivity contribution in [2.24, 2.45) is 0 Å². The number of halogens is 1. The molecule has 5 nitrogen and oxygen atoms in total. The van der Waals surface area contributed by atoms with E-state index in [0.29, 0.717) is 18.0 Å². The van der Waals surface area contributed by atoms with Crippen LogP contribution < -0.4 is 5.32 Å². The smallest absolute Gasteiger partial charge is 0.404 e. The first-order valence-electron chi connectivity index (χ1n) is 7.11. The fourth-order valence-corrected chi connectivity index (χ4v) is 3.52. The Morgan fingerprint density at radius 2 is 2.24 bits per heavy atom. The van der Waals surface area contributed by atoms with Gasteiger partial charge in [0.25, 0.3) is 0 Å². The lowest BCUT2D eigenvalue weighted by Gasteiger charge is -2.35. The minimum Gasteiger partial charge on any atom is -0.465 e. The maximum absolute atomic E-state index is 12.5. The Labute approximate surface area is 127 Å². The molecule has 6 heteroatoms. The molecule has 1 aliphatic heterocycles. The van der Waals surface area contributed by atoms with Crippen LogP contribution in [0.3, 0.4) is 0 Å². The van der Waals surface area contributed by atoms with Crippen LogP contribution in [-0.2, 0) is 6.42 Å². The molecule has 1 heterocycles. The first-order chi connectivity index (χ1) is 10.0. The van der Waals surface area contributed by atoms with Crippen LogP contribution in [0.5, 0.6) is 0 Å². The molecule has 0 spiro atoms. The van der Waals surface area contributed by atoms with E-state index in [4.69, 9.17) is 16.7 Å². The molecule has 0 saturated carbocycles. The van der Waals surface area contributed by atoms with Gasteiger partial charge in [-0.05, 0) is 49.6 Å². The van der Waals surface area contributed by atoms with Gasteiger partial charge in [-0.1, -0.05) is 11.6 Å². The highest BCUT2D eigenvalue weighted by Gasteiger charge is 2.37. The van der Waals surface area contributed by atoms with E-state index in [1.807, 2.05) is 6.07 Å². The van der Waals surface area contributed by atoms with Gasteiger partial charge in [-0.3, -0.25) is 9.69 Å². The number of likely N-dealkylation sites (tertiary alicyclic amines) is 1. The van der Waals surface area contributed by atoms with Crippen LogP contribution in [0.4, 0.5) is 4.79 Å². The normalized spacial score (nSPS) is 25.7. The van der Waals surface area contributed by atoms with Gasteiger partial charge in [0.05, 0.1) is 6.04 Å². The largest absolute Gasteiger partial charge is 0.465 e. The molecule has 1 aromatic rings. The van der Waals surface area contributed by atoms with E-state index < -0.39 is 6.09 Å². The lowest BCUT2D eigenvalue weighted by atomic mass is 10.0. The zero-order valence-corrected chi connectivity index (χ0v) is 12.3. The van der Waals surface area contributed by atoms with Gasteiger partial charge in [0.2, 0.25) is 0 Å². The van der Waals surface area contributed by atoms with Crippen LogP contribution in [0, 0.1) is 0 Å². The number of carbonyl (C=O) groups is 2. The Hall–Kier alpha value is -1.59. The molecule has 0 radical (unpaired) electrons. The maximum atomic E-state index is 12.5. The topological polar surface area (TPSA) is 69.6 Å². The summed E-state index contributed by atoms with van der Waals surface area (Å²) in [5.41, 5.74) is 1.74. The number of rotatable bonds is 2. The molecule has 1 aromatic carbocycles. The molecule has 0 aromatic heterocycles. The van der Waals surface area contributed by atoms with Crippen molar-refractivity contribution in [2.75, 3.05) is 13.1 Å². The van der Waals surface area contributed by atoms with Gasteiger partial charge in [0.15, 0.2) is 5.78 Å². The second kappa shape index (κ2) is 5.66. The number of ketones is 1. The van der Waals surface area contributed by atoms with Gasteiger partial charge in [-0.15, -0.1) is 0 Å². The number of piperidine rings is 1. The third-order valence-corrected chi connectivity index (χ3v) is 4.50. The van der Waals surface area contributed by atoms with E-state index in [2.05, 4.69) is 10.2 Å². The van der Waals surface area contributed by atoms with Crippen molar-refractivity contribution >= 4 is 23.5 Å². The van der Waals surface area contributed by atoms with Crippen LogP contribution in [0.25, 0.3) is 0 Å². The fraction of sp³-hybridized carbons (Fsp3) is 0.467. The lowest BCUT2D eigenvalue weighted by molar-refractivity contribution is 0.0779. The third kappa shape index (κ3) is 2.89. The Bertz CT molecular complexity index is 590. The molecular formula is C15H17ClN2O3. The number of amides is 1. The Morgan fingerprint density at radius 1 is 1.43 bits per heavy atom. The predicted octanol–water partition coefficient (Wildman–Crippen LogP) is 2.18. The summed E-state index contributed by atoms with van der Waals surface area (Å²) in [6.07, 6.45) is 1.37. The lowest BCUT2D eigenvalue weighted by Crippen LogP contribution is -2.52. The summed E-state index contributed by atoms with van der Waals surface area (Å²) in [6, 6.07) is 5.10. The molecule has 2 aliphatic rings. The highest BCUT2D eigenvalue weighted by Crippen LogP contribution is 2.29. The van der Waals surface area contributed by atoms with Gasteiger partial charge in [-0.25, -0.2) is 4.79 Å². The quantitative estimate of drug-likeness (QED) is 0.878. The fourth-order valence-electron chi connectivity index (χ4n) is 3.33. The van der Waals surface area contributed by atoms with E-state index in [-0.39, 0.29) is 17.9 Å². The molecule has 1 fully saturated rings. The number of fused-ring (bicyclic) bond motifs is 1. The molecule has 0 unspecified atom stereocenters. The van der Waals surface area contributed by atoms with Crippen molar-refractivity contribution in [1.82, 2.24) is 10.2 Å². The molecular weight excluding hydrogens is 292 g/mol. The number of carbonyl (C=O) groups excluding carboxylic acids is 1. The van der Waals surface area contributed by atoms with Crippen LogP contribution in [0.15, 0.2) is 18.2 Å². The Balaban J connectivity index is 1.73. The summed E-state index contributed by atoms with van der Waals surface area (Å²) in [5, 5.41) is 12.0. The Morgan fingerprint density at radius 3 is 3.00 bits per heavy atom. The van der Waals surface area contributed by atoms with Crippen LogP contribution in [0.2, 0.25) is 5.02 Å². The van der Waals surface area contributed by atoms with E-state index in [1.54, 1.807) is 12.1 Å². The van der Waals surface area contributed by atoms with Crippen LogP contribution >= 0.6 is 11.6 Å². The van der Waals surface area contributed by atoms with Crippen LogP contribution in [0.1, 0.15) is 28.8 Å². The van der Waals surface area contributed by atoms with Crippen molar-refractivity contribution in [3.05, 3.63) is 34.3 Å². The first kappa shape index (κ1) is 14.4. The van der Waals surface area contributed by atoms with Gasteiger partial charge >= 0.3 is 6.09 Å². The summed E-state index contributed by atoms with van der Waals surface area (Å²) >= 11 is 5.98. The van der Waals surface area contributed by atoms with Crippen molar-refractivity contribution in [3.63, 3.8) is 0 Å². The minimum absolute atomic E-state index is 0.101. The molecule has 2 N–H and O–H groups in total. The van der Waals surface area contributed by atoms with Crippen molar-refractivity contribution in [2.45, 2.75) is 31.3 Å². The average molecular weight is 309 g/mol. The molecule has 1 aliphatic carbocycles. The molecule has 1 saturated heterocycles. The molecule has 1 amide bonds. The number of benzene rings is 1. The standard InChI is InChI=1S/C15H17ClN2O3/c16-10-3-4-12-9(6-10)7-13(14(12)19)18-5-1-2-11(8-18)17-15(20)21/h3-4,6,11,13,17H,1-2,5,7-8H2,(H,20,21)/t11-,13-/m1/s1. The molecule has 2 atom stereocenters. The third-order valence-electron chi connectivity index (χ3n) is 4.27. The summed E-state index contributed by atoms with van der Waals surface area (Å²) in [5.74, 6) is 0.123. The second-order valence-electron chi connectivity index (χ2n) is 5.67. The SMILES string of the molecule is O=C(O)N[C@@H]1CCCN([C@@H]2Cc3cc(Cl)ccc3C2=O)C1. The van der Waals surface area contributed by atoms with Gasteiger partial charge in [0, 0.05) is 23.2 Å². The van der Waals surface area contributed by atoms with Gasteiger partial charge in [0.1, 0.15) is 0 Å². The summed E-state index contributed by atoms with van der Waals surface area (Å²) < 4.78 is 0. The number of nitrogens with one attached hydrogen (secondary N) is 1. The van der Waals surface area contributed by atoms with E-state index in [9.17, 15) is 9.59 Å². The molecule has 21 heavy (non-hydrogen) atoms. The van der Waals surface area contributed by atoms with E-state index in [0.717, 1.165) is 30.5 Å². The molecule has 0 bridgehead atoms. The average Bonchev–Trinajstić information content (AvgIpc) is 2.75. The van der Waals surface area contributed by atoms with E-state index in [1.165, 1.54) is 0 Å². The number of Topliss-reactive ketones (excluding diaryl/α,β-unsaturated/α-hetero) is 1.